The summed E-state index contributed by atoms with van der Waals surface area (Å²) in [6.07, 6.45) is 5.57. The zero-order valence-electron chi connectivity index (χ0n) is 20.4. The third kappa shape index (κ3) is 3.71. The van der Waals surface area contributed by atoms with E-state index in [-0.39, 0.29) is 0 Å². The lowest BCUT2D eigenvalue weighted by Crippen LogP contribution is -2.34. The SMILES string of the molecule is c1ccc(C2(c3cccc(Oc4cccc(-n5cccn5)c4)c3)c3ccccc3Sc3ccccc32)nc1. The van der Waals surface area contributed by atoms with Gasteiger partial charge in [0.25, 0.3) is 0 Å². The van der Waals surface area contributed by atoms with Gasteiger partial charge in [-0.15, -0.1) is 0 Å². The molecule has 0 aliphatic carbocycles. The molecule has 5 heteroatoms. The van der Waals surface area contributed by atoms with Crippen LogP contribution in [0.25, 0.3) is 5.69 Å². The number of benzene rings is 4. The smallest absolute Gasteiger partial charge is 0.129 e. The van der Waals surface area contributed by atoms with E-state index in [1.54, 1.807) is 6.20 Å². The first-order valence-electron chi connectivity index (χ1n) is 12.5. The van der Waals surface area contributed by atoms with Gasteiger partial charge in [0.05, 0.1) is 16.8 Å². The first-order chi connectivity index (χ1) is 18.8. The highest BCUT2D eigenvalue weighted by Gasteiger charge is 2.45. The van der Waals surface area contributed by atoms with Crippen LogP contribution in [-0.2, 0) is 5.41 Å². The van der Waals surface area contributed by atoms with Crippen LogP contribution in [0.4, 0.5) is 0 Å². The molecule has 182 valence electrons. The minimum absolute atomic E-state index is 0.587. The van der Waals surface area contributed by atoms with Gasteiger partial charge >= 0.3 is 0 Å². The first kappa shape index (κ1) is 22.6. The van der Waals surface area contributed by atoms with Crippen molar-refractivity contribution >= 4 is 11.8 Å². The summed E-state index contributed by atoms with van der Waals surface area (Å²) < 4.78 is 8.26. The van der Waals surface area contributed by atoms with E-state index < -0.39 is 5.41 Å². The van der Waals surface area contributed by atoms with Gasteiger partial charge in [0, 0.05) is 34.4 Å². The highest BCUT2D eigenvalue weighted by molar-refractivity contribution is 7.99. The van der Waals surface area contributed by atoms with Crippen LogP contribution in [0.15, 0.2) is 150 Å². The van der Waals surface area contributed by atoms with Gasteiger partial charge in [-0.05, 0) is 71.3 Å². The van der Waals surface area contributed by atoms with Gasteiger partial charge in [-0.2, -0.15) is 5.10 Å². The van der Waals surface area contributed by atoms with Crippen molar-refractivity contribution in [2.45, 2.75) is 15.2 Å². The highest BCUT2D eigenvalue weighted by Crippen LogP contribution is 2.55. The average molecular weight is 510 g/mol. The van der Waals surface area contributed by atoms with E-state index in [0.717, 1.165) is 28.4 Å². The molecule has 4 aromatic carbocycles. The van der Waals surface area contributed by atoms with Crippen molar-refractivity contribution in [1.82, 2.24) is 14.8 Å². The fourth-order valence-electron chi connectivity index (χ4n) is 5.35. The van der Waals surface area contributed by atoms with Crippen molar-refractivity contribution in [2.24, 2.45) is 0 Å². The van der Waals surface area contributed by atoms with Gasteiger partial charge in [0.15, 0.2) is 0 Å². The molecular weight excluding hydrogens is 486 g/mol. The lowest BCUT2D eigenvalue weighted by molar-refractivity contribution is 0.480. The summed E-state index contributed by atoms with van der Waals surface area (Å²) in [5, 5.41) is 4.35. The Morgan fingerprint density at radius 1 is 0.632 bits per heavy atom. The maximum absolute atomic E-state index is 6.44. The molecule has 0 saturated heterocycles. The summed E-state index contributed by atoms with van der Waals surface area (Å²) in [6, 6.07) is 41.8. The molecule has 1 aliphatic heterocycles. The van der Waals surface area contributed by atoms with Crippen LogP contribution in [0.1, 0.15) is 22.4 Å². The van der Waals surface area contributed by atoms with E-state index >= 15 is 0 Å². The van der Waals surface area contributed by atoms with Crippen molar-refractivity contribution in [3.63, 3.8) is 0 Å². The molecule has 38 heavy (non-hydrogen) atoms. The Morgan fingerprint density at radius 2 is 1.34 bits per heavy atom. The van der Waals surface area contributed by atoms with Gasteiger partial charge in [-0.3, -0.25) is 4.98 Å². The van der Waals surface area contributed by atoms with Gasteiger partial charge < -0.3 is 4.74 Å². The van der Waals surface area contributed by atoms with Crippen LogP contribution < -0.4 is 4.74 Å². The Kier molecular flexibility index (Phi) is 5.56. The molecule has 0 saturated carbocycles. The molecule has 0 atom stereocenters. The Morgan fingerprint density at radius 3 is 2.05 bits per heavy atom. The summed E-state index contributed by atoms with van der Waals surface area (Å²) >= 11 is 1.81. The van der Waals surface area contributed by atoms with Crippen LogP contribution in [0.3, 0.4) is 0 Å². The quantitative estimate of drug-likeness (QED) is 0.236. The van der Waals surface area contributed by atoms with Crippen LogP contribution >= 0.6 is 11.8 Å². The zero-order chi connectivity index (χ0) is 25.4. The van der Waals surface area contributed by atoms with E-state index in [9.17, 15) is 0 Å². The topological polar surface area (TPSA) is 39.9 Å². The van der Waals surface area contributed by atoms with Gasteiger partial charge in [0.2, 0.25) is 0 Å². The lowest BCUT2D eigenvalue weighted by Gasteiger charge is -2.40. The zero-order valence-corrected chi connectivity index (χ0v) is 21.3. The summed E-state index contributed by atoms with van der Waals surface area (Å²) in [5.74, 6) is 1.52. The highest BCUT2D eigenvalue weighted by atomic mass is 32.2. The molecule has 7 rings (SSSR count). The molecule has 3 heterocycles. The van der Waals surface area contributed by atoms with Gasteiger partial charge in [-0.25, -0.2) is 4.68 Å². The van der Waals surface area contributed by atoms with Crippen molar-refractivity contribution in [1.29, 1.82) is 0 Å². The van der Waals surface area contributed by atoms with Crippen LogP contribution in [0, 0.1) is 0 Å². The number of hydrogen-bond acceptors (Lipinski definition) is 4. The first-order valence-corrected chi connectivity index (χ1v) is 13.3. The van der Waals surface area contributed by atoms with E-state index in [1.165, 1.54) is 20.9 Å². The third-order valence-corrected chi connectivity index (χ3v) is 8.09. The van der Waals surface area contributed by atoms with E-state index in [0.29, 0.717) is 0 Å². The number of ether oxygens (including phenoxy) is 1. The second-order valence-electron chi connectivity index (χ2n) is 9.14. The van der Waals surface area contributed by atoms with Crippen LogP contribution in [-0.4, -0.2) is 14.8 Å². The molecule has 1 aliphatic rings. The maximum atomic E-state index is 6.44. The monoisotopic (exact) mass is 509 g/mol. The molecule has 0 bridgehead atoms. The lowest BCUT2D eigenvalue weighted by atomic mass is 9.66. The molecular formula is C33H23N3OS. The molecule has 0 fully saturated rings. The Labute approximate surface area is 225 Å². The van der Waals surface area contributed by atoms with Gasteiger partial charge in [0.1, 0.15) is 11.5 Å². The molecule has 4 nitrogen and oxygen atoms in total. The standard InChI is InChI=1S/C33H23N3OS/c1-3-16-30-28(14-1)33(32-18-5-6-19-34-32,29-15-2-4-17-31(29)38-30)24-10-7-12-26(22-24)37-27-13-8-11-25(23-27)36-21-9-20-35-36/h1-23H. The van der Waals surface area contributed by atoms with Crippen molar-refractivity contribution in [3.05, 3.63) is 162 Å². The molecule has 0 unspecified atom stereocenters. The summed E-state index contributed by atoms with van der Waals surface area (Å²) in [7, 11) is 0. The predicted octanol–water partition coefficient (Wildman–Crippen LogP) is 7.91. The average Bonchev–Trinajstić information content (AvgIpc) is 3.52. The molecule has 0 radical (unpaired) electrons. The molecule has 2 aromatic heterocycles. The van der Waals surface area contributed by atoms with Crippen molar-refractivity contribution in [3.8, 4) is 17.2 Å². The molecule has 0 N–H and O–H groups in total. The fraction of sp³-hybridized carbons (Fsp3) is 0.0303. The second-order valence-corrected chi connectivity index (χ2v) is 10.2. The number of rotatable bonds is 5. The van der Waals surface area contributed by atoms with Crippen molar-refractivity contribution < 1.29 is 4.74 Å². The van der Waals surface area contributed by atoms with E-state index in [1.807, 2.05) is 71.3 Å². The number of aromatic nitrogens is 3. The summed E-state index contributed by atoms with van der Waals surface area (Å²) in [4.78, 5) is 7.41. The van der Waals surface area contributed by atoms with E-state index in [4.69, 9.17) is 9.72 Å². The largest absolute Gasteiger partial charge is 0.457 e. The van der Waals surface area contributed by atoms with E-state index in [2.05, 4.69) is 84.0 Å². The normalized spacial score (nSPS) is 13.4. The molecule has 0 spiro atoms. The maximum Gasteiger partial charge on any atom is 0.129 e. The summed E-state index contributed by atoms with van der Waals surface area (Å²) in [6.45, 7) is 0. The van der Waals surface area contributed by atoms with Gasteiger partial charge in [-0.1, -0.05) is 72.4 Å². The Hall–Kier alpha value is -4.61. The molecule has 6 aromatic rings. The van der Waals surface area contributed by atoms with Crippen LogP contribution in [0.2, 0.25) is 0 Å². The Balaban J connectivity index is 1.41. The number of pyridine rings is 1. The van der Waals surface area contributed by atoms with Crippen molar-refractivity contribution in [2.75, 3.05) is 0 Å². The minimum Gasteiger partial charge on any atom is -0.457 e. The minimum atomic E-state index is -0.587. The summed E-state index contributed by atoms with van der Waals surface area (Å²) in [5.41, 5.74) is 4.90. The van der Waals surface area contributed by atoms with Crippen LogP contribution in [0.5, 0.6) is 11.5 Å². The number of nitrogens with zero attached hydrogens (tertiary/aromatic N) is 3. The Bertz CT molecular complexity index is 1690. The number of fused-ring (bicyclic) bond motifs is 2. The second kappa shape index (κ2) is 9.36. The predicted molar refractivity (Wildman–Crippen MR) is 150 cm³/mol. The third-order valence-electron chi connectivity index (χ3n) is 6.94. The number of hydrogen-bond donors (Lipinski definition) is 0. The molecule has 0 amide bonds. The fourth-order valence-corrected chi connectivity index (χ4v) is 6.55.